The van der Waals surface area contributed by atoms with Gasteiger partial charge >= 0.3 is 18.9 Å². The van der Waals surface area contributed by atoms with Gasteiger partial charge in [-0.25, -0.2) is 0 Å². The average molecular weight is 579 g/mol. The number of anilines is 1. The van der Waals surface area contributed by atoms with E-state index in [9.17, 15) is 14.7 Å². The Morgan fingerprint density at radius 2 is 1.51 bits per heavy atom. The summed E-state index contributed by atoms with van der Waals surface area (Å²) in [4.78, 5) is 27.4. The van der Waals surface area contributed by atoms with Crippen molar-refractivity contribution in [2.45, 2.75) is 32.5 Å². The van der Waals surface area contributed by atoms with Crippen molar-refractivity contribution in [3.05, 3.63) is 124 Å². The summed E-state index contributed by atoms with van der Waals surface area (Å²) in [5, 5.41) is 15.1. The van der Waals surface area contributed by atoms with Gasteiger partial charge in [-0.05, 0) is 89.6 Å². The van der Waals surface area contributed by atoms with E-state index in [2.05, 4.69) is 22.3 Å². The van der Waals surface area contributed by atoms with Gasteiger partial charge in [0.1, 0.15) is 0 Å². The topological polar surface area (TPSA) is 72.5 Å². The zero-order chi connectivity index (χ0) is 28.5. The second-order valence-electron chi connectivity index (χ2n) is 9.64. The van der Waals surface area contributed by atoms with Crippen molar-refractivity contribution in [3.63, 3.8) is 0 Å². The van der Waals surface area contributed by atoms with Crippen molar-refractivity contribution in [1.82, 2.24) is 5.32 Å². The van der Waals surface area contributed by atoms with Crippen LogP contribution >= 0.6 is 23.4 Å². The molecule has 0 aliphatic carbocycles. The van der Waals surface area contributed by atoms with Gasteiger partial charge in [-0.3, -0.25) is 4.79 Å². The standard InChI is InChI=1S/C33H33ClN2O3S.Li/c1-23-8-6-7-11-28(23)30-20-25(14-17-29(30)32(37)35-31(33(38)39)18-19-40-2)22-36(27-9-4-3-5-10-27)21-24-12-15-26(34)16-13-24;/h3-17,20,31H,18-19,21-22H2,1-2H3,(H,35,37)(H,38,39);/q;+1/p-1. The quantitative estimate of drug-likeness (QED) is 0.262. The third-order valence-electron chi connectivity index (χ3n) is 6.75. The minimum atomic E-state index is -1.28. The van der Waals surface area contributed by atoms with Crippen molar-refractivity contribution >= 4 is 40.9 Å². The van der Waals surface area contributed by atoms with Gasteiger partial charge in [0.25, 0.3) is 5.91 Å². The molecule has 0 aliphatic rings. The van der Waals surface area contributed by atoms with E-state index >= 15 is 0 Å². The molecule has 5 nitrogen and oxygen atoms in total. The van der Waals surface area contributed by atoms with E-state index < -0.39 is 17.9 Å². The summed E-state index contributed by atoms with van der Waals surface area (Å²) in [7, 11) is 0. The van der Waals surface area contributed by atoms with Crippen molar-refractivity contribution in [3.8, 4) is 11.1 Å². The van der Waals surface area contributed by atoms with Crippen LogP contribution in [0.2, 0.25) is 5.02 Å². The molecular formula is C33H32ClLiN2O3S. The average Bonchev–Trinajstić information content (AvgIpc) is 2.96. The monoisotopic (exact) mass is 578 g/mol. The molecule has 0 spiro atoms. The minimum absolute atomic E-state index is 0. The number of hydrogen-bond acceptors (Lipinski definition) is 5. The fourth-order valence-electron chi connectivity index (χ4n) is 4.61. The molecule has 1 N–H and O–H groups in total. The maximum absolute atomic E-state index is 13.4. The van der Waals surface area contributed by atoms with Gasteiger partial charge in [-0.15, -0.1) is 0 Å². The predicted octanol–water partition coefficient (Wildman–Crippen LogP) is 3.13. The van der Waals surface area contributed by atoms with Gasteiger partial charge in [-0.2, -0.15) is 11.8 Å². The van der Waals surface area contributed by atoms with Gasteiger partial charge < -0.3 is 20.1 Å². The Morgan fingerprint density at radius 1 is 0.878 bits per heavy atom. The molecule has 0 bridgehead atoms. The first kappa shape index (κ1) is 32.4. The maximum Gasteiger partial charge on any atom is 1.00 e. The van der Waals surface area contributed by atoms with Crippen LogP contribution in [0, 0.1) is 6.92 Å². The van der Waals surface area contributed by atoms with Crippen molar-refractivity contribution in [2.24, 2.45) is 0 Å². The zero-order valence-corrected chi connectivity index (χ0v) is 25.2. The van der Waals surface area contributed by atoms with Crippen LogP contribution < -0.4 is 34.2 Å². The Bertz CT molecular complexity index is 1450. The van der Waals surface area contributed by atoms with E-state index in [-0.39, 0.29) is 18.9 Å². The Kier molecular flexibility index (Phi) is 12.4. The number of nitrogens with zero attached hydrogens (tertiary/aromatic N) is 1. The van der Waals surface area contributed by atoms with E-state index in [1.807, 2.05) is 92.0 Å². The minimum Gasteiger partial charge on any atom is -0.548 e. The molecule has 0 saturated carbocycles. The van der Waals surface area contributed by atoms with E-state index in [4.69, 9.17) is 11.6 Å². The fraction of sp³-hybridized carbons (Fsp3) is 0.212. The molecule has 0 saturated heterocycles. The Hall–Kier alpha value is -3.14. The summed E-state index contributed by atoms with van der Waals surface area (Å²) in [6, 6.07) is 30.6. The maximum atomic E-state index is 13.4. The summed E-state index contributed by atoms with van der Waals surface area (Å²) < 4.78 is 0. The number of carboxylic acids is 1. The summed E-state index contributed by atoms with van der Waals surface area (Å²) in [6.45, 7) is 3.28. The number of benzene rings is 4. The first-order valence-electron chi connectivity index (χ1n) is 13.1. The molecule has 0 radical (unpaired) electrons. The van der Waals surface area contributed by atoms with Crippen LogP contribution in [0.5, 0.6) is 0 Å². The molecule has 4 rings (SSSR count). The third kappa shape index (κ3) is 8.92. The largest absolute Gasteiger partial charge is 1.00 e. The van der Waals surface area contributed by atoms with Gasteiger partial charge in [0, 0.05) is 29.4 Å². The molecule has 8 heteroatoms. The van der Waals surface area contributed by atoms with Crippen LogP contribution in [0.1, 0.15) is 33.5 Å². The molecule has 41 heavy (non-hydrogen) atoms. The number of carbonyl (C=O) groups is 2. The van der Waals surface area contributed by atoms with E-state index in [1.54, 1.807) is 6.07 Å². The number of halogens is 1. The number of carboxylic acid groups (broad SMARTS) is 1. The molecule has 1 atom stereocenters. The number of amides is 1. The van der Waals surface area contributed by atoms with E-state index in [1.165, 1.54) is 11.8 Å². The molecule has 1 unspecified atom stereocenters. The first-order chi connectivity index (χ1) is 19.4. The van der Waals surface area contributed by atoms with Gasteiger partial charge in [-0.1, -0.05) is 72.3 Å². The van der Waals surface area contributed by atoms with Gasteiger partial charge in [0.2, 0.25) is 0 Å². The van der Waals surface area contributed by atoms with Crippen LogP contribution in [0.3, 0.4) is 0 Å². The molecule has 0 aromatic heterocycles. The van der Waals surface area contributed by atoms with Gasteiger partial charge in [0.05, 0.1) is 12.0 Å². The van der Waals surface area contributed by atoms with Crippen molar-refractivity contribution < 1.29 is 33.6 Å². The number of aryl methyl sites for hydroxylation is 1. The molecule has 0 heterocycles. The number of rotatable bonds is 12. The molecule has 0 fully saturated rings. The second-order valence-corrected chi connectivity index (χ2v) is 11.1. The predicted molar refractivity (Wildman–Crippen MR) is 164 cm³/mol. The molecular weight excluding hydrogens is 547 g/mol. The number of hydrogen-bond donors (Lipinski definition) is 1. The first-order valence-corrected chi connectivity index (χ1v) is 14.9. The van der Waals surface area contributed by atoms with Gasteiger partial charge in [0.15, 0.2) is 0 Å². The zero-order valence-electron chi connectivity index (χ0n) is 23.6. The molecule has 4 aromatic rings. The second kappa shape index (κ2) is 15.7. The van der Waals surface area contributed by atoms with Crippen LogP contribution in [0.4, 0.5) is 5.69 Å². The van der Waals surface area contributed by atoms with Crippen LogP contribution in [-0.4, -0.2) is 29.9 Å². The number of thioether (sulfide) groups is 1. The normalized spacial score (nSPS) is 11.3. The van der Waals surface area contributed by atoms with Crippen LogP contribution in [0.25, 0.3) is 11.1 Å². The summed E-state index contributed by atoms with van der Waals surface area (Å²) in [6.07, 6.45) is 2.19. The molecule has 0 aliphatic heterocycles. The number of carbonyl (C=O) groups excluding carboxylic acids is 2. The SMILES string of the molecule is CSCCC(NC(=O)c1ccc(CN(Cc2ccc(Cl)cc2)c2ccccc2)cc1-c1ccccc1C)C(=O)[O-].[Li+]. The van der Waals surface area contributed by atoms with Crippen molar-refractivity contribution in [1.29, 1.82) is 0 Å². The summed E-state index contributed by atoms with van der Waals surface area (Å²) in [5.41, 5.74) is 6.35. The molecule has 4 aromatic carbocycles. The number of nitrogens with one attached hydrogen (secondary N) is 1. The van der Waals surface area contributed by atoms with Crippen LogP contribution in [0.15, 0.2) is 97.1 Å². The number of para-hydroxylation sites is 1. The molecule has 206 valence electrons. The van der Waals surface area contributed by atoms with Crippen LogP contribution in [-0.2, 0) is 17.9 Å². The Morgan fingerprint density at radius 3 is 2.17 bits per heavy atom. The summed E-state index contributed by atoms with van der Waals surface area (Å²) >= 11 is 7.64. The van der Waals surface area contributed by atoms with E-state index in [0.717, 1.165) is 33.5 Å². The van der Waals surface area contributed by atoms with Crippen molar-refractivity contribution in [2.75, 3.05) is 16.9 Å². The molecule has 1 amide bonds. The third-order valence-corrected chi connectivity index (χ3v) is 7.64. The van der Waals surface area contributed by atoms with E-state index in [0.29, 0.717) is 35.8 Å². The Labute approximate surface area is 263 Å². The smallest absolute Gasteiger partial charge is 0.548 e. The number of aliphatic carboxylic acids is 1. The fourth-order valence-corrected chi connectivity index (χ4v) is 5.21. The summed E-state index contributed by atoms with van der Waals surface area (Å²) in [5.74, 6) is -1.11. The Balaban J connectivity index is 0.00000462.